The summed E-state index contributed by atoms with van der Waals surface area (Å²) in [7, 11) is -3.76. The van der Waals surface area contributed by atoms with Gasteiger partial charge in [-0.1, -0.05) is 29.8 Å². The fourth-order valence-electron chi connectivity index (χ4n) is 2.28. The van der Waals surface area contributed by atoms with Gasteiger partial charge < -0.3 is 4.74 Å². The van der Waals surface area contributed by atoms with Crippen LogP contribution in [-0.4, -0.2) is 25.6 Å². The summed E-state index contributed by atoms with van der Waals surface area (Å²) in [6.45, 7) is 7.54. The van der Waals surface area contributed by atoms with E-state index in [0.717, 1.165) is 11.1 Å². The Labute approximate surface area is 155 Å². The SMILES string of the molecule is Cc1ccc(S(=O)(=O)O[C@@H](C)C/C=C/c2cncc(OC(C)C)c2)cc1. The summed E-state index contributed by atoms with van der Waals surface area (Å²) in [4.78, 5) is 4.31. The van der Waals surface area contributed by atoms with Gasteiger partial charge in [0.1, 0.15) is 5.75 Å². The van der Waals surface area contributed by atoms with Crippen LogP contribution in [-0.2, 0) is 14.3 Å². The molecule has 2 aromatic rings. The largest absolute Gasteiger partial charge is 0.489 e. The van der Waals surface area contributed by atoms with E-state index in [-0.39, 0.29) is 11.0 Å². The zero-order valence-corrected chi connectivity index (χ0v) is 16.4. The van der Waals surface area contributed by atoms with Crippen LogP contribution in [0.5, 0.6) is 5.75 Å². The first kappa shape index (κ1) is 20.1. The van der Waals surface area contributed by atoms with Crippen LogP contribution < -0.4 is 4.74 Å². The van der Waals surface area contributed by atoms with Gasteiger partial charge in [-0.25, -0.2) is 0 Å². The van der Waals surface area contributed by atoms with Gasteiger partial charge in [0.05, 0.1) is 23.3 Å². The molecule has 0 saturated carbocycles. The molecule has 1 aromatic heterocycles. The predicted molar refractivity (Wildman–Crippen MR) is 103 cm³/mol. The van der Waals surface area contributed by atoms with Crippen molar-refractivity contribution >= 4 is 16.2 Å². The molecule has 5 nitrogen and oxygen atoms in total. The third kappa shape index (κ3) is 6.28. The van der Waals surface area contributed by atoms with Gasteiger partial charge in [-0.2, -0.15) is 8.42 Å². The highest BCUT2D eigenvalue weighted by molar-refractivity contribution is 7.86. The second-order valence-corrected chi connectivity index (χ2v) is 8.00. The standard InChI is InChI=1S/C20H25NO4S/c1-15(2)24-19-12-18(13-21-14-19)7-5-6-17(4)25-26(22,23)20-10-8-16(3)9-11-20/h5,7-15,17H,6H2,1-4H3/b7-5+/t17-/m0/s1. The van der Waals surface area contributed by atoms with Crippen LogP contribution in [0, 0.1) is 6.92 Å². The molecule has 1 aromatic carbocycles. The minimum absolute atomic E-state index is 0.0800. The minimum Gasteiger partial charge on any atom is -0.489 e. The quantitative estimate of drug-likeness (QED) is 0.641. The molecule has 26 heavy (non-hydrogen) atoms. The zero-order chi connectivity index (χ0) is 19.2. The van der Waals surface area contributed by atoms with Crippen LogP contribution in [0.25, 0.3) is 6.08 Å². The molecule has 140 valence electrons. The first-order chi connectivity index (χ1) is 12.3. The van der Waals surface area contributed by atoms with Crippen LogP contribution in [0.1, 0.15) is 38.3 Å². The van der Waals surface area contributed by atoms with Gasteiger partial charge >= 0.3 is 0 Å². The molecule has 0 fully saturated rings. The molecule has 2 rings (SSSR count). The highest BCUT2D eigenvalue weighted by Gasteiger charge is 2.18. The van der Waals surface area contributed by atoms with Crippen LogP contribution in [0.2, 0.25) is 0 Å². The first-order valence-corrected chi connectivity index (χ1v) is 9.95. The van der Waals surface area contributed by atoms with Gasteiger partial charge in [0, 0.05) is 6.20 Å². The van der Waals surface area contributed by atoms with E-state index in [1.54, 1.807) is 43.6 Å². The number of nitrogens with zero attached hydrogens (tertiary/aromatic N) is 1. The van der Waals surface area contributed by atoms with Crippen molar-refractivity contribution in [1.82, 2.24) is 4.98 Å². The molecule has 6 heteroatoms. The van der Waals surface area contributed by atoms with Crippen molar-refractivity contribution < 1.29 is 17.3 Å². The van der Waals surface area contributed by atoms with E-state index in [1.807, 2.05) is 39.0 Å². The molecule has 0 radical (unpaired) electrons. The molecule has 0 N–H and O–H groups in total. The molecule has 0 amide bonds. The maximum atomic E-state index is 12.3. The highest BCUT2D eigenvalue weighted by atomic mass is 32.2. The molecule has 0 saturated heterocycles. The summed E-state index contributed by atoms with van der Waals surface area (Å²) in [6, 6.07) is 8.50. The molecule has 0 unspecified atom stereocenters. The summed E-state index contributed by atoms with van der Waals surface area (Å²) in [6.07, 6.45) is 7.19. The number of rotatable bonds is 8. The van der Waals surface area contributed by atoms with Gasteiger partial charge in [0.15, 0.2) is 0 Å². The van der Waals surface area contributed by atoms with Crippen LogP contribution in [0.15, 0.2) is 53.7 Å². The normalized spacial score (nSPS) is 13.3. The second kappa shape index (κ2) is 8.96. The molecule has 0 aliphatic carbocycles. The second-order valence-electron chi connectivity index (χ2n) is 6.43. The van der Waals surface area contributed by atoms with Crippen molar-refractivity contribution in [3.05, 3.63) is 59.9 Å². The lowest BCUT2D eigenvalue weighted by molar-refractivity contribution is 0.232. The summed E-state index contributed by atoms with van der Waals surface area (Å²) in [5.74, 6) is 0.702. The third-order valence-electron chi connectivity index (χ3n) is 3.49. The Morgan fingerprint density at radius 1 is 1.12 bits per heavy atom. The smallest absolute Gasteiger partial charge is 0.297 e. The summed E-state index contributed by atoms with van der Waals surface area (Å²) in [5, 5.41) is 0. The number of aryl methyl sites for hydroxylation is 1. The van der Waals surface area contributed by atoms with Crippen molar-refractivity contribution in [3.8, 4) is 5.75 Å². The van der Waals surface area contributed by atoms with E-state index in [4.69, 9.17) is 8.92 Å². The number of hydrogen-bond donors (Lipinski definition) is 0. The number of hydrogen-bond acceptors (Lipinski definition) is 5. The van der Waals surface area contributed by atoms with E-state index in [2.05, 4.69) is 4.98 Å². The van der Waals surface area contributed by atoms with Crippen molar-refractivity contribution in [1.29, 1.82) is 0 Å². The predicted octanol–water partition coefficient (Wildman–Crippen LogP) is 4.37. The molecule has 1 atom stereocenters. The Kier molecular flexibility index (Phi) is 6.94. The fraction of sp³-hybridized carbons (Fsp3) is 0.350. The molecule has 0 aliphatic rings. The van der Waals surface area contributed by atoms with Gasteiger partial charge in [0.25, 0.3) is 10.1 Å². The highest BCUT2D eigenvalue weighted by Crippen LogP contribution is 2.18. The number of ether oxygens (including phenoxy) is 1. The average Bonchev–Trinajstić information content (AvgIpc) is 2.54. The van der Waals surface area contributed by atoms with E-state index < -0.39 is 16.2 Å². The van der Waals surface area contributed by atoms with E-state index in [1.165, 1.54) is 0 Å². The van der Waals surface area contributed by atoms with Crippen LogP contribution >= 0.6 is 0 Å². The molecular formula is C20H25NO4S. The van der Waals surface area contributed by atoms with Crippen molar-refractivity contribution in [2.75, 3.05) is 0 Å². The third-order valence-corrected chi connectivity index (χ3v) is 4.92. The number of pyridine rings is 1. The maximum Gasteiger partial charge on any atom is 0.297 e. The fourth-order valence-corrected chi connectivity index (χ4v) is 3.37. The Bertz CT molecular complexity index is 842. The summed E-state index contributed by atoms with van der Waals surface area (Å²) < 4.78 is 35.4. The van der Waals surface area contributed by atoms with Crippen LogP contribution in [0.3, 0.4) is 0 Å². The molecule has 0 aliphatic heterocycles. The maximum absolute atomic E-state index is 12.3. The van der Waals surface area contributed by atoms with E-state index in [0.29, 0.717) is 12.2 Å². The average molecular weight is 375 g/mol. The molecule has 0 bridgehead atoms. The Morgan fingerprint density at radius 2 is 1.81 bits per heavy atom. The Morgan fingerprint density at radius 3 is 2.46 bits per heavy atom. The van der Waals surface area contributed by atoms with E-state index in [9.17, 15) is 8.42 Å². The first-order valence-electron chi connectivity index (χ1n) is 8.54. The van der Waals surface area contributed by atoms with E-state index >= 15 is 0 Å². The zero-order valence-electron chi connectivity index (χ0n) is 15.5. The van der Waals surface area contributed by atoms with Gasteiger partial charge in [-0.05, 0) is 57.9 Å². The van der Waals surface area contributed by atoms with Gasteiger partial charge in [0.2, 0.25) is 0 Å². The lowest BCUT2D eigenvalue weighted by Gasteiger charge is -2.11. The topological polar surface area (TPSA) is 65.5 Å². The molecule has 0 spiro atoms. The van der Waals surface area contributed by atoms with Crippen molar-refractivity contribution in [3.63, 3.8) is 0 Å². The molecule has 1 heterocycles. The van der Waals surface area contributed by atoms with Crippen molar-refractivity contribution in [2.45, 2.75) is 51.2 Å². The van der Waals surface area contributed by atoms with Crippen molar-refractivity contribution in [2.24, 2.45) is 0 Å². The summed E-state index contributed by atoms with van der Waals surface area (Å²) in [5.41, 5.74) is 1.88. The monoisotopic (exact) mass is 375 g/mol. The number of aromatic nitrogens is 1. The Hall–Kier alpha value is -2.18. The lowest BCUT2D eigenvalue weighted by Crippen LogP contribution is -2.15. The van der Waals surface area contributed by atoms with Gasteiger partial charge in [-0.15, -0.1) is 0 Å². The minimum atomic E-state index is -3.76. The van der Waals surface area contributed by atoms with Crippen LogP contribution in [0.4, 0.5) is 0 Å². The number of benzene rings is 1. The van der Waals surface area contributed by atoms with Gasteiger partial charge in [-0.3, -0.25) is 9.17 Å². The lowest BCUT2D eigenvalue weighted by atomic mass is 10.2. The molecular weight excluding hydrogens is 350 g/mol. The summed E-state index contributed by atoms with van der Waals surface area (Å²) >= 11 is 0. The Balaban J connectivity index is 1.94.